The van der Waals surface area contributed by atoms with Crippen LogP contribution < -0.4 is 31.1 Å². The van der Waals surface area contributed by atoms with E-state index in [1.54, 1.807) is 35.7 Å². The zero-order valence-corrected chi connectivity index (χ0v) is 34.7. The second-order valence-electron chi connectivity index (χ2n) is 16.4. The fourth-order valence-corrected chi connectivity index (χ4v) is 11.4. The molecule has 4 N–H and O–H groups in total. The summed E-state index contributed by atoms with van der Waals surface area (Å²) in [7, 11) is 0. The van der Waals surface area contributed by atoms with Crippen molar-refractivity contribution in [2.24, 2.45) is 11.8 Å². The molecular weight excluding hydrogens is 753 g/mol. The van der Waals surface area contributed by atoms with Gasteiger partial charge in [-0.05, 0) is 131 Å². The van der Waals surface area contributed by atoms with Crippen molar-refractivity contribution in [1.29, 1.82) is 0 Å². The van der Waals surface area contributed by atoms with Crippen LogP contribution in [0.4, 0.5) is 11.4 Å². The van der Waals surface area contributed by atoms with Gasteiger partial charge in [-0.15, -0.1) is 0 Å². The fourth-order valence-electron chi connectivity index (χ4n) is 9.25. The Hall–Kier alpha value is -4.42. The van der Waals surface area contributed by atoms with E-state index in [9.17, 15) is 19.2 Å². The van der Waals surface area contributed by atoms with Crippen LogP contribution in [0, 0.1) is 11.8 Å². The Kier molecular flexibility index (Phi) is 11.6. The molecule has 12 heteroatoms. The summed E-state index contributed by atoms with van der Waals surface area (Å²) >= 11 is 3.34. The lowest BCUT2D eigenvalue weighted by molar-refractivity contribution is -0.133. The normalized spacial score (nSPS) is 28.4. The highest BCUT2D eigenvalue weighted by molar-refractivity contribution is 8.04. The second-order valence-corrected chi connectivity index (χ2v) is 18.5. The highest BCUT2D eigenvalue weighted by Gasteiger charge is 2.46. The number of benzene rings is 2. The van der Waals surface area contributed by atoms with Crippen molar-refractivity contribution in [3.63, 3.8) is 0 Å². The molecule has 2 aliphatic carbocycles. The van der Waals surface area contributed by atoms with Gasteiger partial charge in [-0.1, -0.05) is 74.5 Å². The lowest BCUT2D eigenvalue weighted by Crippen LogP contribution is -2.67. The summed E-state index contributed by atoms with van der Waals surface area (Å²) in [6.45, 7) is 6.13. The van der Waals surface area contributed by atoms with Crippen LogP contribution in [0.15, 0.2) is 104 Å². The molecule has 0 radical (unpaired) electrons. The lowest BCUT2D eigenvalue weighted by atomic mass is 9.72. The van der Waals surface area contributed by atoms with E-state index in [0.717, 1.165) is 80.9 Å². The molecule has 4 aliphatic heterocycles. The number of anilines is 2. The molecule has 0 bridgehead atoms. The molecule has 57 heavy (non-hydrogen) atoms. The standard InChI is InChI=1S/C45H54N6O4S2/c1-3-5-27-50-34-11-7-9-13-36(34)56-38(50)17-15-32-40(52)46-44(47-41(32)53)23-19-30(20-24-44)29-31-21-25-45(26-22-31)48-42(54)33(43(55)49-45)16-18-39-51(28-6-4-2)35-12-8-10-14-37(35)57-39/h7-18,30-31H,3-6,19-29H2,1-2H3,(H,46,52)(H,47,53)(H,48,54)(H,49,55)/b32-15?,33-16?,38-17+,39-18+. The van der Waals surface area contributed by atoms with Gasteiger partial charge in [-0.3, -0.25) is 19.2 Å². The molecule has 10 nitrogen and oxygen atoms in total. The number of thioether (sulfide) groups is 2. The number of hydrogen-bond acceptors (Lipinski definition) is 8. The third-order valence-electron chi connectivity index (χ3n) is 12.5. The molecule has 300 valence electrons. The SMILES string of the molecule is CCCCN1/C(=C\C=C2C(=O)NC3(CCC(CC4CCC5(CC4)NC(=O)C(=C/C=C4/Sc6ccccc6N4CCCC)C(=O)N5)CC3)NC2=O)Sc2ccccc21. The number of para-hydroxylation sites is 2. The summed E-state index contributed by atoms with van der Waals surface area (Å²) in [6, 6.07) is 16.6. The van der Waals surface area contributed by atoms with Crippen molar-refractivity contribution in [1.82, 2.24) is 21.3 Å². The zero-order chi connectivity index (χ0) is 39.6. The number of nitrogens with one attached hydrogen (secondary N) is 4. The van der Waals surface area contributed by atoms with Crippen LogP contribution >= 0.6 is 23.5 Å². The minimum Gasteiger partial charge on any atom is -0.335 e. The average molecular weight is 807 g/mol. The molecule has 0 unspecified atom stereocenters. The van der Waals surface area contributed by atoms with Gasteiger partial charge < -0.3 is 31.1 Å². The van der Waals surface area contributed by atoms with Crippen molar-refractivity contribution >= 4 is 58.5 Å². The number of carbonyl (C=O) groups excluding carboxylic acids is 4. The minimum atomic E-state index is -0.705. The smallest absolute Gasteiger partial charge is 0.258 e. The van der Waals surface area contributed by atoms with Crippen LogP contribution in [0.25, 0.3) is 0 Å². The number of unbranched alkanes of at least 4 members (excludes halogenated alkanes) is 2. The third-order valence-corrected chi connectivity index (χ3v) is 14.8. The van der Waals surface area contributed by atoms with E-state index in [0.29, 0.717) is 37.5 Å². The van der Waals surface area contributed by atoms with Gasteiger partial charge in [0.2, 0.25) is 0 Å². The number of allylic oxidation sites excluding steroid dienone is 4. The van der Waals surface area contributed by atoms with E-state index in [-0.39, 0.29) is 34.8 Å². The summed E-state index contributed by atoms with van der Waals surface area (Å²) in [5, 5.41) is 14.8. The summed E-state index contributed by atoms with van der Waals surface area (Å²) in [6.07, 6.45) is 19.0. The van der Waals surface area contributed by atoms with E-state index in [1.165, 1.54) is 21.2 Å². The number of nitrogens with zero attached hydrogens (tertiary/aromatic N) is 2. The van der Waals surface area contributed by atoms with Gasteiger partial charge in [-0.25, -0.2) is 0 Å². The van der Waals surface area contributed by atoms with Crippen LogP contribution in [0.1, 0.15) is 97.3 Å². The molecule has 2 spiro atoms. The first kappa shape index (κ1) is 39.4. The Balaban J connectivity index is 0.820. The first-order valence-electron chi connectivity index (χ1n) is 20.9. The zero-order valence-electron chi connectivity index (χ0n) is 33.0. The monoisotopic (exact) mass is 806 g/mol. The van der Waals surface area contributed by atoms with Gasteiger partial charge in [0, 0.05) is 22.9 Å². The lowest BCUT2D eigenvalue weighted by Gasteiger charge is -2.46. The highest BCUT2D eigenvalue weighted by Crippen LogP contribution is 2.47. The maximum absolute atomic E-state index is 13.4. The van der Waals surface area contributed by atoms with Gasteiger partial charge in [0.25, 0.3) is 23.6 Å². The molecule has 0 atom stereocenters. The molecule has 8 rings (SSSR count). The fraction of sp³-hybridized carbons (Fsp3) is 0.467. The Morgan fingerprint density at radius 1 is 0.579 bits per heavy atom. The summed E-state index contributed by atoms with van der Waals surface area (Å²) in [4.78, 5) is 60.5. The molecule has 6 aliphatic rings. The molecular formula is C45H54N6O4S2. The summed E-state index contributed by atoms with van der Waals surface area (Å²) < 4.78 is 0. The molecule has 2 saturated heterocycles. The first-order valence-corrected chi connectivity index (χ1v) is 22.5. The number of rotatable bonds is 10. The Labute approximate surface area is 344 Å². The van der Waals surface area contributed by atoms with Gasteiger partial charge in [0.15, 0.2) is 0 Å². The summed E-state index contributed by atoms with van der Waals surface area (Å²) in [5.74, 6) is -0.249. The summed E-state index contributed by atoms with van der Waals surface area (Å²) in [5.41, 5.74) is 1.22. The van der Waals surface area contributed by atoms with Crippen LogP contribution in [0.5, 0.6) is 0 Å². The van der Waals surface area contributed by atoms with E-state index in [2.05, 4.69) is 69.2 Å². The van der Waals surface area contributed by atoms with E-state index in [1.807, 2.05) is 36.4 Å². The maximum Gasteiger partial charge on any atom is 0.258 e. The topological polar surface area (TPSA) is 123 Å². The minimum absolute atomic E-state index is 0.146. The predicted octanol–water partition coefficient (Wildman–Crippen LogP) is 8.00. The van der Waals surface area contributed by atoms with E-state index < -0.39 is 11.3 Å². The Morgan fingerprint density at radius 2 is 0.947 bits per heavy atom. The van der Waals surface area contributed by atoms with Crippen molar-refractivity contribution in [3.05, 3.63) is 94.0 Å². The van der Waals surface area contributed by atoms with Crippen LogP contribution in [0.3, 0.4) is 0 Å². The quantitative estimate of drug-likeness (QED) is 0.141. The molecule has 4 amide bonds. The number of amides is 4. The molecule has 4 heterocycles. The molecule has 2 aromatic rings. The van der Waals surface area contributed by atoms with Gasteiger partial charge in [-0.2, -0.15) is 0 Å². The number of carbonyl (C=O) groups is 4. The van der Waals surface area contributed by atoms with Crippen molar-refractivity contribution in [3.8, 4) is 0 Å². The predicted molar refractivity (Wildman–Crippen MR) is 228 cm³/mol. The van der Waals surface area contributed by atoms with Crippen molar-refractivity contribution in [2.45, 2.75) is 118 Å². The van der Waals surface area contributed by atoms with Crippen LogP contribution in [-0.2, 0) is 19.2 Å². The van der Waals surface area contributed by atoms with Crippen molar-refractivity contribution < 1.29 is 19.2 Å². The van der Waals surface area contributed by atoms with E-state index in [4.69, 9.17) is 0 Å². The van der Waals surface area contributed by atoms with Gasteiger partial charge in [0.05, 0.1) is 21.4 Å². The van der Waals surface area contributed by atoms with Crippen LogP contribution in [0.2, 0.25) is 0 Å². The average Bonchev–Trinajstić information content (AvgIpc) is 3.74. The van der Waals surface area contributed by atoms with Gasteiger partial charge >= 0.3 is 0 Å². The molecule has 4 fully saturated rings. The van der Waals surface area contributed by atoms with E-state index >= 15 is 0 Å². The largest absolute Gasteiger partial charge is 0.335 e. The first-order chi connectivity index (χ1) is 27.7. The van der Waals surface area contributed by atoms with Crippen LogP contribution in [-0.4, -0.2) is 48.0 Å². The Bertz CT molecular complexity index is 1850. The number of hydrogen-bond donors (Lipinski definition) is 4. The third kappa shape index (κ3) is 8.30. The second kappa shape index (κ2) is 16.8. The Morgan fingerprint density at radius 3 is 1.32 bits per heavy atom. The maximum atomic E-state index is 13.4. The highest BCUT2D eigenvalue weighted by atomic mass is 32.2. The number of fused-ring (bicyclic) bond motifs is 2. The molecule has 2 saturated carbocycles. The molecule has 0 aromatic heterocycles. The van der Waals surface area contributed by atoms with Crippen molar-refractivity contribution in [2.75, 3.05) is 22.9 Å². The van der Waals surface area contributed by atoms with Gasteiger partial charge in [0.1, 0.15) is 22.5 Å². The molecule has 2 aromatic carbocycles.